The van der Waals surface area contributed by atoms with Crippen molar-refractivity contribution in [3.05, 3.63) is 64.5 Å². The molecule has 4 heteroatoms. The van der Waals surface area contributed by atoms with Gasteiger partial charge in [0.2, 0.25) is 0 Å². The second kappa shape index (κ2) is 6.09. The molecule has 0 saturated carbocycles. The summed E-state index contributed by atoms with van der Waals surface area (Å²) in [4.78, 5) is 11.9. The molecular formula is C16H15FO2S. The van der Waals surface area contributed by atoms with Crippen molar-refractivity contribution in [3.63, 3.8) is 0 Å². The molecule has 0 unspecified atom stereocenters. The topological polar surface area (TPSA) is 37.3 Å². The fourth-order valence-corrected chi connectivity index (χ4v) is 2.91. The van der Waals surface area contributed by atoms with Crippen LogP contribution >= 0.6 is 11.8 Å². The summed E-state index contributed by atoms with van der Waals surface area (Å²) in [5.41, 5.74) is 2.85. The van der Waals surface area contributed by atoms with Gasteiger partial charge >= 0.3 is 5.97 Å². The van der Waals surface area contributed by atoms with Crippen LogP contribution in [0.3, 0.4) is 0 Å². The lowest BCUT2D eigenvalue weighted by Gasteiger charge is -2.08. The monoisotopic (exact) mass is 290 g/mol. The van der Waals surface area contributed by atoms with E-state index in [2.05, 4.69) is 6.07 Å². The van der Waals surface area contributed by atoms with Gasteiger partial charge in [-0.2, -0.15) is 0 Å². The minimum absolute atomic E-state index is 0.0252. The molecule has 2 rings (SSSR count). The largest absolute Gasteiger partial charge is 0.478 e. The van der Waals surface area contributed by atoms with Gasteiger partial charge in [-0.05, 0) is 43.2 Å². The first-order chi connectivity index (χ1) is 9.47. The number of aromatic carboxylic acids is 1. The molecule has 0 fully saturated rings. The Balaban J connectivity index is 2.13. The average Bonchev–Trinajstić information content (AvgIpc) is 2.38. The van der Waals surface area contributed by atoms with E-state index in [1.165, 1.54) is 17.7 Å². The van der Waals surface area contributed by atoms with Crippen LogP contribution in [-0.4, -0.2) is 11.1 Å². The number of hydrogen-bond donors (Lipinski definition) is 1. The molecule has 2 aromatic carbocycles. The van der Waals surface area contributed by atoms with Gasteiger partial charge < -0.3 is 5.11 Å². The van der Waals surface area contributed by atoms with Crippen LogP contribution in [0.2, 0.25) is 0 Å². The summed E-state index contributed by atoms with van der Waals surface area (Å²) in [7, 11) is 0. The number of benzene rings is 2. The van der Waals surface area contributed by atoms with Gasteiger partial charge in [0, 0.05) is 10.6 Å². The zero-order valence-corrected chi connectivity index (χ0v) is 12.1. The molecule has 0 radical (unpaired) electrons. The van der Waals surface area contributed by atoms with Crippen molar-refractivity contribution in [2.75, 3.05) is 0 Å². The molecule has 0 bridgehead atoms. The molecule has 0 atom stereocenters. The maximum absolute atomic E-state index is 13.8. The fraction of sp³-hybridized carbons (Fsp3) is 0.188. The zero-order valence-electron chi connectivity index (χ0n) is 11.3. The molecule has 2 aromatic rings. The number of hydrogen-bond acceptors (Lipinski definition) is 2. The van der Waals surface area contributed by atoms with Gasteiger partial charge in [-0.3, -0.25) is 0 Å². The molecule has 0 amide bonds. The third-order valence-electron chi connectivity index (χ3n) is 3.01. The summed E-state index contributed by atoms with van der Waals surface area (Å²) in [6.45, 7) is 4.06. The van der Waals surface area contributed by atoms with Gasteiger partial charge in [-0.15, -0.1) is 11.8 Å². The summed E-state index contributed by atoms with van der Waals surface area (Å²) in [5.74, 6) is -1.10. The van der Waals surface area contributed by atoms with Gasteiger partial charge in [0.15, 0.2) is 0 Å². The Morgan fingerprint density at radius 2 is 1.95 bits per heavy atom. The standard InChI is InChI=1S/C16H15FO2S/c1-10-3-6-15(11(2)7-10)20-9-13-5-4-12(16(18)19)8-14(13)17/h3-8H,9H2,1-2H3,(H,18,19). The summed E-state index contributed by atoms with van der Waals surface area (Å²) in [6, 6.07) is 10.2. The van der Waals surface area contributed by atoms with E-state index in [1.54, 1.807) is 11.8 Å². The Bertz CT molecular complexity index is 653. The van der Waals surface area contributed by atoms with Crippen LogP contribution in [0.25, 0.3) is 0 Å². The molecule has 20 heavy (non-hydrogen) atoms. The SMILES string of the molecule is Cc1ccc(SCc2ccc(C(=O)O)cc2F)c(C)c1. The number of halogens is 1. The predicted octanol–water partition coefficient (Wildman–Crippen LogP) is 4.43. The van der Waals surface area contributed by atoms with Crippen LogP contribution in [-0.2, 0) is 5.75 Å². The smallest absolute Gasteiger partial charge is 0.335 e. The first kappa shape index (κ1) is 14.6. The summed E-state index contributed by atoms with van der Waals surface area (Å²) >= 11 is 1.55. The second-order valence-electron chi connectivity index (χ2n) is 4.67. The van der Waals surface area contributed by atoms with Crippen LogP contribution in [0.5, 0.6) is 0 Å². The first-order valence-electron chi connectivity index (χ1n) is 6.19. The van der Waals surface area contributed by atoms with Crippen LogP contribution in [0.4, 0.5) is 4.39 Å². The highest BCUT2D eigenvalue weighted by Crippen LogP contribution is 2.27. The van der Waals surface area contributed by atoms with Crippen LogP contribution in [0.1, 0.15) is 27.0 Å². The second-order valence-corrected chi connectivity index (χ2v) is 5.69. The van der Waals surface area contributed by atoms with E-state index in [0.717, 1.165) is 16.5 Å². The number of carboxylic acid groups (broad SMARTS) is 1. The van der Waals surface area contributed by atoms with Gasteiger partial charge in [0.05, 0.1) is 5.56 Å². The molecule has 2 nitrogen and oxygen atoms in total. The number of carbonyl (C=O) groups is 1. The Kier molecular flexibility index (Phi) is 4.45. The quantitative estimate of drug-likeness (QED) is 0.846. The van der Waals surface area contributed by atoms with Crippen LogP contribution < -0.4 is 0 Å². The van der Waals surface area contributed by atoms with Gasteiger partial charge in [-0.25, -0.2) is 9.18 Å². The molecule has 0 aliphatic rings. The van der Waals surface area contributed by atoms with E-state index >= 15 is 0 Å². The van der Waals surface area contributed by atoms with E-state index in [1.807, 2.05) is 26.0 Å². The fourth-order valence-electron chi connectivity index (χ4n) is 1.91. The summed E-state index contributed by atoms with van der Waals surface area (Å²) in [5, 5.41) is 8.80. The van der Waals surface area contributed by atoms with Crippen LogP contribution in [0, 0.1) is 19.7 Å². The number of thioether (sulfide) groups is 1. The lowest BCUT2D eigenvalue weighted by Crippen LogP contribution is -1.98. The molecule has 0 saturated heterocycles. The normalized spacial score (nSPS) is 10.6. The van der Waals surface area contributed by atoms with Crippen LogP contribution in [0.15, 0.2) is 41.3 Å². The molecular weight excluding hydrogens is 275 g/mol. The highest BCUT2D eigenvalue weighted by molar-refractivity contribution is 7.98. The van der Waals surface area contributed by atoms with E-state index in [-0.39, 0.29) is 5.56 Å². The minimum atomic E-state index is -1.11. The lowest BCUT2D eigenvalue weighted by molar-refractivity contribution is 0.0696. The van der Waals surface area contributed by atoms with Crippen molar-refractivity contribution in [1.29, 1.82) is 0 Å². The van der Waals surface area contributed by atoms with Gasteiger partial charge in [-0.1, -0.05) is 23.8 Å². The molecule has 0 heterocycles. The maximum Gasteiger partial charge on any atom is 0.335 e. The lowest BCUT2D eigenvalue weighted by atomic mass is 10.1. The highest BCUT2D eigenvalue weighted by atomic mass is 32.2. The van der Waals surface area contributed by atoms with E-state index in [4.69, 9.17) is 5.11 Å². The molecule has 0 aliphatic carbocycles. The third-order valence-corrected chi connectivity index (χ3v) is 4.24. The Morgan fingerprint density at radius 1 is 1.20 bits per heavy atom. The van der Waals surface area contributed by atoms with Crippen molar-refractivity contribution in [2.24, 2.45) is 0 Å². The Labute approximate surface area is 121 Å². The average molecular weight is 290 g/mol. The first-order valence-corrected chi connectivity index (χ1v) is 7.17. The summed E-state index contributed by atoms with van der Waals surface area (Å²) in [6.07, 6.45) is 0. The van der Waals surface area contributed by atoms with E-state index in [0.29, 0.717) is 11.3 Å². The molecule has 0 spiro atoms. The Hall–Kier alpha value is -1.81. The predicted molar refractivity (Wildman–Crippen MR) is 78.8 cm³/mol. The highest BCUT2D eigenvalue weighted by Gasteiger charge is 2.09. The number of aryl methyl sites for hydroxylation is 2. The van der Waals surface area contributed by atoms with Crippen molar-refractivity contribution in [1.82, 2.24) is 0 Å². The molecule has 1 N–H and O–H groups in total. The minimum Gasteiger partial charge on any atom is -0.478 e. The van der Waals surface area contributed by atoms with Gasteiger partial charge in [0.25, 0.3) is 0 Å². The van der Waals surface area contributed by atoms with Crippen molar-refractivity contribution in [2.45, 2.75) is 24.5 Å². The van der Waals surface area contributed by atoms with E-state index < -0.39 is 11.8 Å². The molecule has 0 aromatic heterocycles. The summed E-state index contributed by atoms with van der Waals surface area (Å²) < 4.78 is 13.8. The molecule has 104 valence electrons. The third kappa shape index (κ3) is 3.39. The number of carboxylic acids is 1. The molecule has 0 aliphatic heterocycles. The van der Waals surface area contributed by atoms with Gasteiger partial charge in [0.1, 0.15) is 5.82 Å². The van der Waals surface area contributed by atoms with Crippen molar-refractivity contribution >= 4 is 17.7 Å². The Morgan fingerprint density at radius 3 is 2.55 bits per heavy atom. The maximum atomic E-state index is 13.8. The number of rotatable bonds is 4. The zero-order chi connectivity index (χ0) is 14.7. The van der Waals surface area contributed by atoms with E-state index in [9.17, 15) is 9.18 Å². The van der Waals surface area contributed by atoms with Crippen molar-refractivity contribution in [3.8, 4) is 0 Å². The van der Waals surface area contributed by atoms with Crippen molar-refractivity contribution < 1.29 is 14.3 Å².